The van der Waals surface area contributed by atoms with Gasteiger partial charge in [-0.15, -0.1) is 0 Å². The number of nitrogens with two attached hydrogens (primary N) is 1. The lowest BCUT2D eigenvalue weighted by molar-refractivity contribution is -0.138. The quantitative estimate of drug-likeness (QED) is 0.907. The van der Waals surface area contributed by atoms with Crippen molar-refractivity contribution in [3.8, 4) is 0 Å². The Labute approximate surface area is 119 Å². The summed E-state index contributed by atoms with van der Waals surface area (Å²) in [5, 5.41) is 0. The topological polar surface area (TPSA) is 55.6 Å². The van der Waals surface area contributed by atoms with Crippen molar-refractivity contribution in [2.75, 3.05) is 13.2 Å². The normalized spacial score (nSPS) is 25.7. The van der Waals surface area contributed by atoms with E-state index in [9.17, 15) is 4.79 Å². The second-order valence-corrected chi connectivity index (χ2v) is 6.11. The van der Waals surface area contributed by atoms with Crippen LogP contribution in [0.2, 0.25) is 0 Å². The van der Waals surface area contributed by atoms with Crippen LogP contribution in [0.3, 0.4) is 0 Å². The fourth-order valence-corrected chi connectivity index (χ4v) is 2.80. The third-order valence-electron chi connectivity index (χ3n) is 4.16. The molecule has 0 spiro atoms. The van der Waals surface area contributed by atoms with Crippen molar-refractivity contribution < 1.29 is 9.53 Å². The van der Waals surface area contributed by atoms with Crippen molar-refractivity contribution in [1.29, 1.82) is 0 Å². The molecule has 0 radical (unpaired) electrons. The molecule has 108 valence electrons. The summed E-state index contributed by atoms with van der Waals surface area (Å²) in [5.41, 5.74) is 7.82. The minimum Gasteiger partial charge on any atom is -0.379 e. The molecule has 20 heavy (non-hydrogen) atoms. The fraction of sp³-hybridized carbons (Fsp3) is 0.562. The molecule has 1 amide bonds. The maximum absolute atomic E-state index is 12.8. The number of ether oxygens (including phenoxy) is 1. The van der Waals surface area contributed by atoms with Gasteiger partial charge in [0.2, 0.25) is 5.91 Å². The van der Waals surface area contributed by atoms with Crippen molar-refractivity contribution in [3.63, 3.8) is 0 Å². The van der Waals surface area contributed by atoms with Crippen molar-refractivity contribution in [3.05, 3.63) is 35.4 Å². The molecule has 2 N–H and O–H groups in total. The Hall–Kier alpha value is -1.39. The number of amides is 1. The molecule has 0 aromatic heterocycles. The summed E-state index contributed by atoms with van der Waals surface area (Å²) in [4.78, 5) is 14.7. The molecule has 2 aliphatic rings. The van der Waals surface area contributed by atoms with Gasteiger partial charge < -0.3 is 15.4 Å². The summed E-state index contributed by atoms with van der Waals surface area (Å²) in [6.07, 6.45) is 2.81. The number of nitrogens with zero attached hydrogens (tertiary/aromatic N) is 1. The first-order valence-electron chi connectivity index (χ1n) is 7.32. The zero-order valence-corrected chi connectivity index (χ0v) is 12.0. The SMILES string of the molecule is Cc1cccc(CN(C(=O)C2(N)CCOC2)C2CC2)c1. The lowest BCUT2D eigenvalue weighted by atomic mass is 9.97. The third-order valence-corrected chi connectivity index (χ3v) is 4.16. The van der Waals surface area contributed by atoms with Gasteiger partial charge in [-0.05, 0) is 31.7 Å². The van der Waals surface area contributed by atoms with Gasteiger partial charge in [0.25, 0.3) is 0 Å². The van der Waals surface area contributed by atoms with E-state index in [4.69, 9.17) is 10.5 Å². The van der Waals surface area contributed by atoms with Gasteiger partial charge in [-0.2, -0.15) is 0 Å². The van der Waals surface area contributed by atoms with Crippen molar-refractivity contribution in [1.82, 2.24) is 4.90 Å². The standard InChI is InChI=1S/C16H22N2O2/c1-12-3-2-4-13(9-12)10-18(14-5-6-14)15(19)16(17)7-8-20-11-16/h2-4,9,14H,5-8,10-11,17H2,1H3. The van der Waals surface area contributed by atoms with Gasteiger partial charge >= 0.3 is 0 Å². The van der Waals surface area contributed by atoms with E-state index in [1.165, 1.54) is 11.1 Å². The maximum Gasteiger partial charge on any atom is 0.245 e. The molecule has 3 rings (SSSR count). The number of carbonyl (C=O) groups excluding carboxylic acids is 1. The van der Waals surface area contributed by atoms with Gasteiger partial charge in [0, 0.05) is 19.2 Å². The average Bonchev–Trinajstić information content (AvgIpc) is 3.17. The van der Waals surface area contributed by atoms with Gasteiger partial charge in [0.05, 0.1) is 6.61 Å². The van der Waals surface area contributed by atoms with E-state index in [0.717, 1.165) is 12.8 Å². The summed E-state index contributed by atoms with van der Waals surface area (Å²) in [6, 6.07) is 8.68. The largest absolute Gasteiger partial charge is 0.379 e. The Morgan fingerprint density at radius 3 is 2.90 bits per heavy atom. The molecule has 2 fully saturated rings. The number of hydrogen-bond acceptors (Lipinski definition) is 3. The summed E-state index contributed by atoms with van der Waals surface area (Å²) in [6.45, 7) is 3.67. The predicted molar refractivity (Wildman–Crippen MR) is 77.1 cm³/mol. The highest BCUT2D eigenvalue weighted by molar-refractivity contribution is 5.87. The molecule has 4 nitrogen and oxygen atoms in total. The first-order valence-corrected chi connectivity index (χ1v) is 7.32. The molecule has 1 aromatic carbocycles. The van der Waals surface area contributed by atoms with E-state index in [1.54, 1.807) is 0 Å². The molecule has 4 heteroatoms. The summed E-state index contributed by atoms with van der Waals surface area (Å²) < 4.78 is 5.33. The molecular weight excluding hydrogens is 252 g/mol. The molecule has 1 heterocycles. The van der Waals surface area contributed by atoms with Crippen LogP contribution in [0.25, 0.3) is 0 Å². The highest BCUT2D eigenvalue weighted by atomic mass is 16.5. The van der Waals surface area contributed by atoms with Crippen LogP contribution in [0.15, 0.2) is 24.3 Å². The second-order valence-electron chi connectivity index (χ2n) is 6.11. The molecular formula is C16H22N2O2. The van der Waals surface area contributed by atoms with E-state index < -0.39 is 5.54 Å². The Kier molecular flexibility index (Phi) is 3.52. The summed E-state index contributed by atoms with van der Waals surface area (Å²) in [5.74, 6) is 0.0546. The van der Waals surface area contributed by atoms with Crippen molar-refractivity contribution in [2.24, 2.45) is 5.73 Å². The average molecular weight is 274 g/mol. The van der Waals surface area contributed by atoms with Crippen LogP contribution in [-0.4, -0.2) is 35.6 Å². The van der Waals surface area contributed by atoms with Gasteiger partial charge in [0.1, 0.15) is 5.54 Å². The van der Waals surface area contributed by atoms with Gasteiger partial charge in [-0.1, -0.05) is 29.8 Å². The molecule has 1 atom stereocenters. The van der Waals surface area contributed by atoms with E-state index in [-0.39, 0.29) is 5.91 Å². The molecule has 1 saturated carbocycles. The second kappa shape index (κ2) is 5.19. The Balaban J connectivity index is 1.77. The van der Waals surface area contributed by atoms with E-state index in [2.05, 4.69) is 25.1 Å². The Bertz CT molecular complexity index is 505. The summed E-state index contributed by atoms with van der Waals surface area (Å²) >= 11 is 0. The smallest absolute Gasteiger partial charge is 0.245 e. The molecule has 1 aliphatic heterocycles. The number of aryl methyl sites for hydroxylation is 1. The third kappa shape index (κ3) is 2.72. The molecule has 1 saturated heterocycles. The fourth-order valence-electron chi connectivity index (χ4n) is 2.80. The van der Waals surface area contributed by atoms with Gasteiger partial charge in [-0.3, -0.25) is 4.79 Å². The van der Waals surface area contributed by atoms with Crippen LogP contribution in [0.1, 0.15) is 30.4 Å². The van der Waals surface area contributed by atoms with Crippen LogP contribution in [0.5, 0.6) is 0 Å². The van der Waals surface area contributed by atoms with E-state index in [0.29, 0.717) is 32.2 Å². The highest BCUT2D eigenvalue weighted by Crippen LogP contribution is 2.31. The van der Waals surface area contributed by atoms with Crippen molar-refractivity contribution >= 4 is 5.91 Å². The highest BCUT2D eigenvalue weighted by Gasteiger charge is 2.45. The number of hydrogen-bond donors (Lipinski definition) is 1. The molecule has 1 unspecified atom stereocenters. The van der Waals surface area contributed by atoms with Gasteiger partial charge in [-0.25, -0.2) is 0 Å². The molecule has 0 bridgehead atoms. The van der Waals surface area contributed by atoms with E-state index >= 15 is 0 Å². The van der Waals surface area contributed by atoms with E-state index in [1.807, 2.05) is 11.0 Å². The lowest BCUT2D eigenvalue weighted by Crippen LogP contribution is -2.56. The lowest BCUT2D eigenvalue weighted by Gasteiger charge is -2.31. The Morgan fingerprint density at radius 1 is 1.50 bits per heavy atom. The number of benzene rings is 1. The number of rotatable bonds is 4. The van der Waals surface area contributed by atoms with Crippen LogP contribution >= 0.6 is 0 Å². The molecule has 1 aromatic rings. The minimum atomic E-state index is -0.813. The maximum atomic E-state index is 12.8. The monoisotopic (exact) mass is 274 g/mol. The Morgan fingerprint density at radius 2 is 2.30 bits per heavy atom. The van der Waals surface area contributed by atoms with Crippen LogP contribution < -0.4 is 5.73 Å². The summed E-state index contributed by atoms with van der Waals surface area (Å²) in [7, 11) is 0. The van der Waals surface area contributed by atoms with Gasteiger partial charge in [0.15, 0.2) is 0 Å². The zero-order valence-electron chi connectivity index (χ0n) is 12.0. The van der Waals surface area contributed by atoms with Crippen molar-refractivity contribution in [2.45, 2.75) is 44.3 Å². The van der Waals surface area contributed by atoms with Crippen LogP contribution in [-0.2, 0) is 16.1 Å². The first kappa shape index (κ1) is 13.6. The molecule has 1 aliphatic carbocycles. The zero-order chi connectivity index (χ0) is 14.2. The van der Waals surface area contributed by atoms with Crippen LogP contribution in [0, 0.1) is 6.92 Å². The number of carbonyl (C=O) groups is 1. The first-order chi connectivity index (χ1) is 9.58. The van der Waals surface area contributed by atoms with Crippen LogP contribution in [0.4, 0.5) is 0 Å². The minimum absolute atomic E-state index is 0.0546. The predicted octanol–water partition coefficient (Wildman–Crippen LogP) is 1.60.